The molecule has 0 fully saturated rings. The Balaban J connectivity index is 3.51. The molecule has 0 bridgehead atoms. The Hall–Kier alpha value is -0.610. The van der Waals surface area contributed by atoms with Gasteiger partial charge in [-0.05, 0) is 19.8 Å². The fourth-order valence-electron chi connectivity index (χ4n) is 1.29. The summed E-state index contributed by atoms with van der Waals surface area (Å²) in [5.41, 5.74) is 0. The third kappa shape index (κ3) is 7.65. The van der Waals surface area contributed by atoms with Crippen LogP contribution in [0.25, 0.3) is 0 Å². The van der Waals surface area contributed by atoms with Gasteiger partial charge >= 0.3 is 5.97 Å². The lowest BCUT2D eigenvalue weighted by Gasteiger charge is -2.15. The molecule has 0 saturated carbocycles. The minimum atomic E-state index is -0.199. The smallest absolute Gasteiger partial charge is 0.323 e. The number of carbonyl (C=O) groups excluding carboxylic acids is 1. The van der Waals surface area contributed by atoms with Crippen molar-refractivity contribution in [2.75, 3.05) is 26.4 Å². The second-order valence-electron chi connectivity index (χ2n) is 3.63. The predicted octanol–water partition coefficient (Wildman–Crippen LogP) is 1.73. The molecule has 16 heavy (non-hydrogen) atoms. The number of esters is 1. The molecule has 0 spiro atoms. The Labute approximate surface area is 98.7 Å². The molecule has 1 unspecified atom stereocenters. The maximum Gasteiger partial charge on any atom is 0.323 e. The first kappa shape index (κ1) is 15.4. The van der Waals surface area contributed by atoms with Gasteiger partial charge in [0.25, 0.3) is 0 Å². The van der Waals surface area contributed by atoms with E-state index in [9.17, 15) is 4.79 Å². The molecule has 0 aliphatic heterocycles. The molecule has 0 aliphatic rings. The monoisotopic (exact) mass is 231 g/mol. The van der Waals surface area contributed by atoms with Crippen LogP contribution in [-0.4, -0.2) is 38.4 Å². The molecule has 0 saturated heterocycles. The topological polar surface area (TPSA) is 47.6 Å². The molecule has 0 aliphatic carbocycles. The van der Waals surface area contributed by atoms with Crippen LogP contribution in [0, 0.1) is 0 Å². The number of nitrogens with one attached hydrogen (secondary N) is 1. The standard InChI is InChI=1S/C12H25NO3/c1-4-7-9-15-10-8-13-11(5-2)12(14)16-6-3/h11,13H,4-10H2,1-3H3. The van der Waals surface area contributed by atoms with E-state index in [-0.39, 0.29) is 12.0 Å². The van der Waals surface area contributed by atoms with Crippen LogP contribution in [0.1, 0.15) is 40.0 Å². The van der Waals surface area contributed by atoms with Gasteiger partial charge in [0.15, 0.2) is 0 Å². The van der Waals surface area contributed by atoms with Crippen LogP contribution in [0.4, 0.5) is 0 Å². The lowest BCUT2D eigenvalue weighted by molar-refractivity contribution is -0.145. The van der Waals surface area contributed by atoms with Gasteiger partial charge in [0.1, 0.15) is 6.04 Å². The molecule has 0 amide bonds. The Morgan fingerprint density at radius 2 is 2.00 bits per heavy atom. The molecule has 4 nitrogen and oxygen atoms in total. The first-order valence-electron chi connectivity index (χ1n) is 6.23. The highest BCUT2D eigenvalue weighted by molar-refractivity contribution is 5.75. The zero-order valence-electron chi connectivity index (χ0n) is 10.8. The maximum absolute atomic E-state index is 11.4. The lowest BCUT2D eigenvalue weighted by atomic mass is 10.2. The van der Waals surface area contributed by atoms with E-state index in [0.29, 0.717) is 19.8 Å². The molecular weight excluding hydrogens is 206 g/mol. The molecule has 1 N–H and O–H groups in total. The van der Waals surface area contributed by atoms with Gasteiger partial charge in [-0.1, -0.05) is 20.3 Å². The first-order chi connectivity index (χ1) is 7.76. The highest BCUT2D eigenvalue weighted by Crippen LogP contribution is 1.95. The number of hydrogen-bond donors (Lipinski definition) is 1. The molecule has 1 atom stereocenters. The van der Waals surface area contributed by atoms with Gasteiger partial charge in [-0.25, -0.2) is 0 Å². The Morgan fingerprint density at radius 3 is 2.56 bits per heavy atom. The van der Waals surface area contributed by atoms with Crippen molar-refractivity contribution in [3.63, 3.8) is 0 Å². The number of unbranched alkanes of at least 4 members (excludes halogenated alkanes) is 1. The molecule has 0 aromatic heterocycles. The van der Waals surface area contributed by atoms with Gasteiger partial charge in [-0.15, -0.1) is 0 Å². The average Bonchev–Trinajstić information content (AvgIpc) is 2.28. The third-order valence-corrected chi connectivity index (χ3v) is 2.26. The lowest BCUT2D eigenvalue weighted by Crippen LogP contribution is -2.39. The minimum absolute atomic E-state index is 0.168. The second-order valence-corrected chi connectivity index (χ2v) is 3.63. The van der Waals surface area contributed by atoms with Crippen LogP contribution < -0.4 is 5.32 Å². The van der Waals surface area contributed by atoms with Crippen molar-refractivity contribution < 1.29 is 14.3 Å². The third-order valence-electron chi connectivity index (χ3n) is 2.26. The summed E-state index contributed by atoms with van der Waals surface area (Å²) < 4.78 is 10.3. The van der Waals surface area contributed by atoms with Crippen molar-refractivity contribution in [2.45, 2.75) is 46.1 Å². The second kappa shape index (κ2) is 10.9. The summed E-state index contributed by atoms with van der Waals surface area (Å²) in [6.07, 6.45) is 2.98. The van der Waals surface area contributed by atoms with Crippen LogP contribution >= 0.6 is 0 Å². The Bertz CT molecular complexity index is 174. The maximum atomic E-state index is 11.4. The number of hydrogen-bond acceptors (Lipinski definition) is 4. The van der Waals surface area contributed by atoms with Gasteiger partial charge in [0.05, 0.1) is 13.2 Å². The summed E-state index contributed by atoms with van der Waals surface area (Å²) in [6, 6.07) is -0.199. The molecule has 0 heterocycles. The van der Waals surface area contributed by atoms with Crippen LogP contribution in [-0.2, 0) is 14.3 Å². The molecule has 0 radical (unpaired) electrons. The van der Waals surface area contributed by atoms with Crippen LogP contribution in [0.3, 0.4) is 0 Å². The fraction of sp³-hybridized carbons (Fsp3) is 0.917. The van der Waals surface area contributed by atoms with E-state index in [4.69, 9.17) is 9.47 Å². The summed E-state index contributed by atoms with van der Waals surface area (Å²) in [7, 11) is 0. The number of carbonyl (C=O) groups is 1. The Kier molecular flexibility index (Phi) is 10.5. The van der Waals surface area contributed by atoms with E-state index in [1.807, 2.05) is 13.8 Å². The number of rotatable bonds is 10. The van der Waals surface area contributed by atoms with E-state index >= 15 is 0 Å². The van der Waals surface area contributed by atoms with Crippen LogP contribution in [0.2, 0.25) is 0 Å². The molecular formula is C12H25NO3. The van der Waals surface area contributed by atoms with Gasteiger partial charge in [0.2, 0.25) is 0 Å². The van der Waals surface area contributed by atoms with Crippen molar-refractivity contribution in [2.24, 2.45) is 0 Å². The van der Waals surface area contributed by atoms with Crippen molar-refractivity contribution in [1.29, 1.82) is 0 Å². The zero-order valence-corrected chi connectivity index (χ0v) is 10.8. The number of ether oxygens (including phenoxy) is 2. The Morgan fingerprint density at radius 1 is 1.25 bits per heavy atom. The van der Waals surface area contributed by atoms with Crippen LogP contribution in [0.15, 0.2) is 0 Å². The van der Waals surface area contributed by atoms with Crippen molar-refractivity contribution in [3.05, 3.63) is 0 Å². The van der Waals surface area contributed by atoms with E-state index in [1.165, 1.54) is 0 Å². The van der Waals surface area contributed by atoms with Crippen molar-refractivity contribution in [1.82, 2.24) is 5.32 Å². The molecule has 4 heteroatoms. The summed E-state index contributed by atoms with van der Waals surface area (Å²) in [4.78, 5) is 11.4. The molecule has 96 valence electrons. The SMILES string of the molecule is CCCCOCCNC(CC)C(=O)OCC. The molecule has 0 aromatic carbocycles. The van der Waals surface area contributed by atoms with Crippen LogP contribution in [0.5, 0.6) is 0 Å². The summed E-state index contributed by atoms with van der Waals surface area (Å²) in [5.74, 6) is -0.168. The first-order valence-corrected chi connectivity index (χ1v) is 6.23. The average molecular weight is 231 g/mol. The molecule has 0 rings (SSSR count). The van der Waals surface area contributed by atoms with Gasteiger partial charge < -0.3 is 14.8 Å². The fourth-order valence-corrected chi connectivity index (χ4v) is 1.29. The van der Waals surface area contributed by atoms with Crippen molar-refractivity contribution in [3.8, 4) is 0 Å². The minimum Gasteiger partial charge on any atom is -0.465 e. The van der Waals surface area contributed by atoms with Gasteiger partial charge in [0, 0.05) is 13.2 Å². The van der Waals surface area contributed by atoms with E-state index in [2.05, 4.69) is 12.2 Å². The summed E-state index contributed by atoms with van der Waals surface area (Å²) in [5, 5.41) is 3.13. The zero-order chi connectivity index (χ0) is 12.2. The highest BCUT2D eigenvalue weighted by atomic mass is 16.5. The summed E-state index contributed by atoms with van der Waals surface area (Å²) in [6.45, 7) is 8.50. The predicted molar refractivity (Wildman–Crippen MR) is 64.4 cm³/mol. The molecule has 0 aromatic rings. The van der Waals surface area contributed by atoms with Gasteiger partial charge in [-0.2, -0.15) is 0 Å². The van der Waals surface area contributed by atoms with Crippen molar-refractivity contribution >= 4 is 5.97 Å². The quantitative estimate of drug-likeness (QED) is 0.459. The van der Waals surface area contributed by atoms with Gasteiger partial charge in [-0.3, -0.25) is 4.79 Å². The van der Waals surface area contributed by atoms with E-state index in [0.717, 1.165) is 25.9 Å². The van der Waals surface area contributed by atoms with E-state index in [1.54, 1.807) is 0 Å². The normalized spacial score (nSPS) is 12.4. The van der Waals surface area contributed by atoms with E-state index < -0.39 is 0 Å². The largest absolute Gasteiger partial charge is 0.465 e. The summed E-state index contributed by atoms with van der Waals surface area (Å²) >= 11 is 0. The highest BCUT2D eigenvalue weighted by Gasteiger charge is 2.15.